The monoisotopic (exact) mass is 304 g/mol. The molecule has 1 heterocycles. The van der Waals surface area contributed by atoms with Crippen molar-refractivity contribution in [1.29, 1.82) is 0 Å². The zero-order valence-corrected chi connectivity index (χ0v) is 13.4. The van der Waals surface area contributed by atoms with Crippen LogP contribution in [0.5, 0.6) is 0 Å². The number of likely N-dealkylation sites (tertiary alicyclic amines) is 1. The molecule has 1 amide bonds. The van der Waals surface area contributed by atoms with E-state index in [0.29, 0.717) is 17.3 Å². The van der Waals surface area contributed by atoms with Gasteiger partial charge in [0.15, 0.2) is 0 Å². The number of amides is 1. The van der Waals surface area contributed by atoms with E-state index in [0.717, 1.165) is 31.5 Å². The first-order valence-electron chi connectivity index (χ1n) is 7.73. The summed E-state index contributed by atoms with van der Waals surface area (Å²) in [6.07, 6.45) is 4.03. The van der Waals surface area contributed by atoms with Crippen LogP contribution in [0.3, 0.4) is 0 Å². The van der Waals surface area contributed by atoms with Gasteiger partial charge in [0.1, 0.15) is 0 Å². The molecule has 114 valence electrons. The molecule has 0 saturated carbocycles. The summed E-state index contributed by atoms with van der Waals surface area (Å²) in [5.41, 5.74) is 6.95. The molecular weight excluding hydrogens is 280 g/mol. The normalized spacial score (nSPS) is 20.0. The van der Waals surface area contributed by atoms with Crippen LogP contribution in [0.2, 0.25) is 0 Å². The molecule has 0 spiro atoms. The van der Waals surface area contributed by atoms with Crippen molar-refractivity contribution in [2.24, 2.45) is 17.6 Å². The summed E-state index contributed by atoms with van der Waals surface area (Å²) >= 11 is 5.15. The van der Waals surface area contributed by atoms with Gasteiger partial charge in [-0.3, -0.25) is 4.79 Å². The summed E-state index contributed by atoms with van der Waals surface area (Å²) in [5, 5.41) is 0. The van der Waals surface area contributed by atoms with E-state index in [9.17, 15) is 4.79 Å². The van der Waals surface area contributed by atoms with Gasteiger partial charge >= 0.3 is 0 Å². The molecule has 1 aliphatic rings. The maximum absolute atomic E-state index is 12.8. The van der Waals surface area contributed by atoms with E-state index in [1.54, 1.807) is 0 Å². The van der Waals surface area contributed by atoms with E-state index in [1.165, 1.54) is 6.42 Å². The molecule has 2 unspecified atom stereocenters. The number of rotatable bonds is 5. The molecule has 2 N–H and O–H groups in total. The van der Waals surface area contributed by atoms with Crippen molar-refractivity contribution < 1.29 is 4.79 Å². The first-order chi connectivity index (χ1) is 10.1. The highest BCUT2D eigenvalue weighted by atomic mass is 32.1. The molecule has 0 bridgehead atoms. The van der Waals surface area contributed by atoms with Gasteiger partial charge in [0.2, 0.25) is 5.91 Å². The fraction of sp³-hybridized carbons (Fsp3) is 0.529. The van der Waals surface area contributed by atoms with Gasteiger partial charge in [0.25, 0.3) is 0 Å². The molecular formula is C17H24N2OS. The lowest BCUT2D eigenvalue weighted by Gasteiger charge is -2.34. The summed E-state index contributed by atoms with van der Waals surface area (Å²) in [6.45, 7) is 3.88. The molecule has 1 fully saturated rings. The Hall–Kier alpha value is -1.42. The maximum atomic E-state index is 12.8. The summed E-state index contributed by atoms with van der Waals surface area (Å²) < 4.78 is 0. The smallest absolute Gasteiger partial charge is 0.232 e. The molecule has 2 atom stereocenters. The lowest BCUT2D eigenvalue weighted by molar-refractivity contribution is -0.135. The first kappa shape index (κ1) is 16.0. The van der Waals surface area contributed by atoms with Crippen LogP contribution >= 0.6 is 12.2 Å². The van der Waals surface area contributed by atoms with Gasteiger partial charge in [-0.15, -0.1) is 0 Å². The number of hydrogen-bond donors (Lipinski definition) is 1. The third-order valence-electron chi connectivity index (χ3n) is 4.33. The van der Waals surface area contributed by atoms with E-state index in [2.05, 4.69) is 6.92 Å². The van der Waals surface area contributed by atoms with Crippen LogP contribution in [0, 0.1) is 11.8 Å². The molecule has 3 nitrogen and oxygen atoms in total. The average molecular weight is 304 g/mol. The van der Waals surface area contributed by atoms with Crippen molar-refractivity contribution in [3.63, 3.8) is 0 Å². The molecule has 1 saturated heterocycles. The summed E-state index contributed by atoms with van der Waals surface area (Å²) in [6, 6.07) is 9.96. The summed E-state index contributed by atoms with van der Waals surface area (Å²) in [5.74, 6) is 0.342. The first-order valence-corrected chi connectivity index (χ1v) is 8.14. The van der Waals surface area contributed by atoms with Crippen LogP contribution in [0.1, 0.15) is 31.7 Å². The highest BCUT2D eigenvalue weighted by Crippen LogP contribution is 2.22. The Morgan fingerprint density at radius 2 is 2.14 bits per heavy atom. The number of nitrogens with zero attached hydrogens (tertiary/aromatic N) is 1. The molecule has 0 aromatic heterocycles. The van der Waals surface area contributed by atoms with Gasteiger partial charge in [0.05, 0.1) is 10.9 Å². The topological polar surface area (TPSA) is 46.3 Å². The van der Waals surface area contributed by atoms with Crippen molar-refractivity contribution in [2.75, 3.05) is 13.1 Å². The second-order valence-electron chi connectivity index (χ2n) is 5.85. The number of piperidine rings is 1. The largest absolute Gasteiger partial charge is 0.393 e. The predicted octanol–water partition coefficient (Wildman–Crippen LogP) is 2.78. The van der Waals surface area contributed by atoms with Crippen LogP contribution in [-0.4, -0.2) is 28.9 Å². The van der Waals surface area contributed by atoms with Gasteiger partial charge in [-0.05, 0) is 30.7 Å². The fourth-order valence-corrected chi connectivity index (χ4v) is 3.16. The number of benzene rings is 1. The maximum Gasteiger partial charge on any atom is 0.232 e. The zero-order chi connectivity index (χ0) is 15.2. The van der Waals surface area contributed by atoms with Crippen LogP contribution < -0.4 is 5.73 Å². The second kappa shape index (κ2) is 7.55. The molecule has 21 heavy (non-hydrogen) atoms. The van der Waals surface area contributed by atoms with Crippen molar-refractivity contribution in [3.05, 3.63) is 35.9 Å². The van der Waals surface area contributed by atoms with Crippen molar-refractivity contribution in [2.45, 2.75) is 32.6 Å². The van der Waals surface area contributed by atoms with E-state index in [4.69, 9.17) is 18.0 Å². The minimum absolute atomic E-state index is 0.101. The lowest BCUT2D eigenvalue weighted by atomic mass is 9.92. The molecule has 1 aromatic rings. The van der Waals surface area contributed by atoms with E-state index in [1.807, 2.05) is 35.2 Å². The zero-order valence-electron chi connectivity index (χ0n) is 12.6. The van der Waals surface area contributed by atoms with E-state index < -0.39 is 0 Å². The lowest BCUT2D eigenvalue weighted by Crippen LogP contribution is -2.46. The molecule has 2 rings (SSSR count). The van der Waals surface area contributed by atoms with Gasteiger partial charge in [0, 0.05) is 13.1 Å². The van der Waals surface area contributed by atoms with Crippen LogP contribution in [0.4, 0.5) is 0 Å². The van der Waals surface area contributed by atoms with Crippen molar-refractivity contribution >= 4 is 23.1 Å². The standard InChI is InChI=1S/C17H24N2OS/c1-2-13-9-6-10-19(12-13)17(20)15(16(18)21)11-14-7-4-3-5-8-14/h3-5,7-8,13,15H,2,6,9-12H2,1H3,(H2,18,21). The van der Waals surface area contributed by atoms with E-state index in [-0.39, 0.29) is 11.8 Å². The second-order valence-corrected chi connectivity index (χ2v) is 6.32. The number of carbonyl (C=O) groups is 1. The third kappa shape index (κ3) is 4.27. The average Bonchev–Trinajstić information content (AvgIpc) is 2.52. The minimum atomic E-state index is -0.377. The molecule has 1 aromatic carbocycles. The quantitative estimate of drug-likeness (QED) is 0.851. The fourth-order valence-electron chi connectivity index (χ4n) is 2.98. The van der Waals surface area contributed by atoms with Gasteiger partial charge in [-0.2, -0.15) is 0 Å². The minimum Gasteiger partial charge on any atom is -0.393 e. The Labute approximate surface area is 132 Å². The Morgan fingerprint density at radius 3 is 2.76 bits per heavy atom. The number of thiocarbonyl (C=S) groups is 1. The SMILES string of the molecule is CCC1CCCN(C(=O)C(Cc2ccccc2)C(N)=S)C1. The Kier molecular flexibility index (Phi) is 5.74. The number of nitrogens with two attached hydrogens (primary N) is 1. The Morgan fingerprint density at radius 1 is 1.43 bits per heavy atom. The predicted molar refractivity (Wildman–Crippen MR) is 90.0 cm³/mol. The van der Waals surface area contributed by atoms with Crippen LogP contribution in [0.15, 0.2) is 30.3 Å². The Balaban J connectivity index is 2.07. The van der Waals surface area contributed by atoms with Gasteiger partial charge in [-0.25, -0.2) is 0 Å². The van der Waals surface area contributed by atoms with Crippen LogP contribution in [0.25, 0.3) is 0 Å². The summed E-state index contributed by atoms with van der Waals surface area (Å²) in [7, 11) is 0. The van der Waals surface area contributed by atoms with Crippen molar-refractivity contribution in [3.8, 4) is 0 Å². The molecule has 1 aliphatic heterocycles. The highest BCUT2D eigenvalue weighted by Gasteiger charge is 2.30. The van der Waals surface area contributed by atoms with Crippen LogP contribution in [-0.2, 0) is 11.2 Å². The van der Waals surface area contributed by atoms with Gasteiger partial charge in [-0.1, -0.05) is 55.9 Å². The molecule has 4 heteroatoms. The number of carbonyl (C=O) groups excluding carboxylic acids is 1. The number of hydrogen-bond acceptors (Lipinski definition) is 2. The molecule has 0 radical (unpaired) electrons. The highest BCUT2D eigenvalue weighted by molar-refractivity contribution is 7.80. The Bertz CT molecular complexity index is 489. The van der Waals surface area contributed by atoms with Crippen molar-refractivity contribution in [1.82, 2.24) is 4.90 Å². The third-order valence-corrected chi connectivity index (χ3v) is 4.62. The van der Waals surface area contributed by atoms with E-state index >= 15 is 0 Å². The molecule has 0 aliphatic carbocycles. The van der Waals surface area contributed by atoms with Gasteiger partial charge < -0.3 is 10.6 Å². The summed E-state index contributed by atoms with van der Waals surface area (Å²) in [4.78, 5) is 15.0.